The molecule has 0 radical (unpaired) electrons. The van der Waals surface area contributed by atoms with Crippen LogP contribution in [0.1, 0.15) is 59.1 Å². The Kier molecular flexibility index (Phi) is 4.12. The summed E-state index contributed by atoms with van der Waals surface area (Å²) >= 11 is 0. The number of aliphatic hydroxyl groups is 1. The standard InChI is InChI=1S/C17H23N3O6S/c1-10(21)8-20-14-12(13(18-20)16(23)24)4-7-19(15(14)22)9-17(5-6-17)27(25,26)11-2-3-11/h10-11,21H,2-9H2,1H3,(H,23,24). The summed E-state index contributed by atoms with van der Waals surface area (Å²) in [4.78, 5) is 26.1. The van der Waals surface area contributed by atoms with Crippen molar-refractivity contribution < 1.29 is 28.2 Å². The Morgan fingerprint density at radius 2 is 2.04 bits per heavy atom. The molecule has 10 heteroatoms. The second kappa shape index (κ2) is 6.03. The summed E-state index contributed by atoms with van der Waals surface area (Å²) in [6.45, 7) is 1.95. The average Bonchev–Trinajstić information content (AvgIpc) is 3.47. The maximum absolute atomic E-state index is 13.1. The van der Waals surface area contributed by atoms with Gasteiger partial charge in [-0.3, -0.25) is 9.48 Å². The lowest BCUT2D eigenvalue weighted by Gasteiger charge is -2.31. The molecule has 27 heavy (non-hydrogen) atoms. The van der Waals surface area contributed by atoms with Gasteiger partial charge in [-0.1, -0.05) is 0 Å². The SMILES string of the molecule is CC(O)Cn1nc(C(=O)O)c2c1C(=O)N(CC1(S(=O)(=O)C3CC3)CC1)CC2. The minimum Gasteiger partial charge on any atom is -0.476 e. The topological polar surface area (TPSA) is 130 Å². The smallest absolute Gasteiger partial charge is 0.356 e. The Balaban J connectivity index is 1.64. The van der Waals surface area contributed by atoms with E-state index in [4.69, 9.17) is 0 Å². The van der Waals surface area contributed by atoms with Crippen LogP contribution in [-0.4, -0.2) is 74.4 Å². The number of rotatable bonds is 7. The van der Waals surface area contributed by atoms with Crippen molar-refractivity contribution in [3.63, 3.8) is 0 Å². The van der Waals surface area contributed by atoms with E-state index in [1.165, 1.54) is 16.5 Å². The fourth-order valence-corrected chi connectivity index (χ4v) is 6.40. The number of aromatic carboxylic acids is 1. The van der Waals surface area contributed by atoms with E-state index >= 15 is 0 Å². The molecule has 2 saturated carbocycles. The number of carboxylic acids is 1. The zero-order valence-corrected chi connectivity index (χ0v) is 15.9. The van der Waals surface area contributed by atoms with Crippen molar-refractivity contribution in [2.75, 3.05) is 13.1 Å². The van der Waals surface area contributed by atoms with Crippen LogP contribution in [0.4, 0.5) is 0 Å². The number of hydrogen-bond donors (Lipinski definition) is 2. The van der Waals surface area contributed by atoms with Gasteiger partial charge in [0.1, 0.15) is 5.69 Å². The van der Waals surface area contributed by atoms with E-state index in [0.29, 0.717) is 37.7 Å². The number of carboxylic acid groups (broad SMARTS) is 1. The third-order valence-electron chi connectivity index (χ3n) is 5.67. The van der Waals surface area contributed by atoms with E-state index < -0.39 is 32.6 Å². The quantitative estimate of drug-likeness (QED) is 0.666. The van der Waals surface area contributed by atoms with E-state index in [-0.39, 0.29) is 36.3 Å². The molecule has 1 atom stereocenters. The largest absolute Gasteiger partial charge is 0.476 e. The molecule has 1 aromatic rings. The first kappa shape index (κ1) is 18.4. The van der Waals surface area contributed by atoms with Crippen LogP contribution in [0.5, 0.6) is 0 Å². The molecule has 2 fully saturated rings. The van der Waals surface area contributed by atoms with E-state index in [2.05, 4.69) is 5.10 Å². The van der Waals surface area contributed by atoms with Crippen molar-refractivity contribution in [2.24, 2.45) is 0 Å². The minimum atomic E-state index is -3.24. The van der Waals surface area contributed by atoms with Crippen LogP contribution < -0.4 is 0 Å². The van der Waals surface area contributed by atoms with Gasteiger partial charge in [0.15, 0.2) is 15.5 Å². The maximum atomic E-state index is 13.1. The van der Waals surface area contributed by atoms with Gasteiger partial charge < -0.3 is 15.1 Å². The van der Waals surface area contributed by atoms with Gasteiger partial charge in [-0.05, 0) is 39.0 Å². The van der Waals surface area contributed by atoms with Gasteiger partial charge in [0, 0.05) is 18.7 Å². The minimum absolute atomic E-state index is 0.000703. The summed E-state index contributed by atoms with van der Waals surface area (Å²) in [7, 11) is -3.24. The Hall–Kier alpha value is -1.94. The van der Waals surface area contributed by atoms with Crippen LogP contribution in [0.2, 0.25) is 0 Å². The second-order valence-corrected chi connectivity index (χ2v) is 10.5. The summed E-state index contributed by atoms with van der Waals surface area (Å²) in [6.07, 6.45) is 2.04. The fraction of sp³-hybridized carbons (Fsp3) is 0.706. The van der Waals surface area contributed by atoms with Crippen molar-refractivity contribution >= 4 is 21.7 Å². The van der Waals surface area contributed by atoms with Crippen LogP contribution in [0.25, 0.3) is 0 Å². The lowest BCUT2D eigenvalue weighted by atomic mass is 10.0. The van der Waals surface area contributed by atoms with Gasteiger partial charge in [-0.25, -0.2) is 13.2 Å². The van der Waals surface area contributed by atoms with Gasteiger partial charge in [-0.15, -0.1) is 0 Å². The highest BCUT2D eigenvalue weighted by molar-refractivity contribution is 7.94. The summed E-state index contributed by atoms with van der Waals surface area (Å²) in [6, 6.07) is 0. The number of aliphatic hydroxyl groups excluding tert-OH is 1. The van der Waals surface area contributed by atoms with Crippen LogP contribution in [0.3, 0.4) is 0 Å². The number of aromatic nitrogens is 2. The fourth-order valence-electron chi connectivity index (χ4n) is 3.93. The number of hydrogen-bond acceptors (Lipinski definition) is 6. The average molecular weight is 397 g/mol. The molecule has 4 rings (SSSR count). The van der Waals surface area contributed by atoms with Crippen LogP contribution in [0, 0.1) is 0 Å². The summed E-state index contributed by atoms with van der Waals surface area (Å²) in [5.41, 5.74) is 0.337. The van der Waals surface area contributed by atoms with Crippen molar-refractivity contribution in [3.8, 4) is 0 Å². The predicted molar refractivity (Wildman–Crippen MR) is 94.4 cm³/mol. The normalized spacial score (nSPS) is 22.4. The maximum Gasteiger partial charge on any atom is 0.356 e. The number of fused-ring (bicyclic) bond motifs is 1. The molecule has 148 valence electrons. The molecule has 1 amide bonds. The molecule has 0 bridgehead atoms. The molecule has 0 saturated heterocycles. The third-order valence-corrected chi connectivity index (χ3v) is 8.76. The first-order valence-electron chi connectivity index (χ1n) is 9.20. The molecular formula is C17H23N3O6S. The molecule has 2 aliphatic carbocycles. The highest BCUT2D eigenvalue weighted by Gasteiger charge is 2.60. The monoisotopic (exact) mass is 397 g/mol. The van der Waals surface area contributed by atoms with E-state index in [0.717, 1.165) is 0 Å². The highest BCUT2D eigenvalue weighted by Crippen LogP contribution is 2.50. The molecular weight excluding hydrogens is 374 g/mol. The Labute approximate surface area is 156 Å². The first-order chi connectivity index (χ1) is 12.7. The van der Waals surface area contributed by atoms with Crippen molar-refractivity contribution in [3.05, 3.63) is 17.0 Å². The van der Waals surface area contributed by atoms with E-state index in [9.17, 15) is 28.2 Å². The van der Waals surface area contributed by atoms with Gasteiger partial charge >= 0.3 is 5.97 Å². The Morgan fingerprint density at radius 1 is 1.37 bits per heavy atom. The molecule has 9 nitrogen and oxygen atoms in total. The Bertz CT molecular complexity index is 911. The molecule has 0 aromatic carbocycles. The first-order valence-corrected chi connectivity index (χ1v) is 10.7. The zero-order valence-electron chi connectivity index (χ0n) is 15.1. The number of carbonyl (C=O) groups excluding carboxylic acids is 1. The molecule has 3 aliphatic rings. The highest BCUT2D eigenvalue weighted by atomic mass is 32.2. The summed E-state index contributed by atoms with van der Waals surface area (Å²) < 4.78 is 25.9. The predicted octanol–water partition coefficient (Wildman–Crippen LogP) is 0.0702. The van der Waals surface area contributed by atoms with Gasteiger partial charge in [-0.2, -0.15) is 5.10 Å². The molecule has 2 N–H and O–H groups in total. The number of carbonyl (C=O) groups is 2. The van der Waals surface area contributed by atoms with Crippen LogP contribution in [0.15, 0.2) is 0 Å². The van der Waals surface area contributed by atoms with Gasteiger partial charge in [0.05, 0.1) is 22.6 Å². The van der Waals surface area contributed by atoms with E-state index in [1.54, 1.807) is 0 Å². The summed E-state index contributed by atoms with van der Waals surface area (Å²) in [5.74, 6) is -1.62. The number of amides is 1. The molecule has 0 spiro atoms. The lowest BCUT2D eigenvalue weighted by molar-refractivity contribution is 0.0687. The Morgan fingerprint density at radius 3 is 2.56 bits per heavy atom. The number of sulfone groups is 1. The molecule has 2 heterocycles. The molecule has 1 aromatic heterocycles. The van der Waals surface area contributed by atoms with Gasteiger partial charge in [0.25, 0.3) is 5.91 Å². The van der Waals surface area contributed by atoms with Gasteiger partial charge in [0.2, 0.25) is 0 Å². The van der Waals surface area contributed by atoms with Crippen molar-refractivity contribution in [1.82, 2.24) is 14.7 Å². The summed E-state index contributed by atoms with van der Waals surface area (Å²) in [5, 5.41) is 22.8. The van der Waals surface area contributed by atoms with Crippen LogP contribution >= 0.6 is 0 Å². The molecule has 1 aliphatic heterocycles. The van der Waals surface area contributed by atoms with Crippen molar-refractivity contribution in [1.29, 1.82) is 0 Å². The number of nitrogens with zero attached hydrogens (tertiary/aromatic N) is 3. The van der Waals surface area contributed by atoms with Crippen LogP contribution in [-0.2, 0) is 22.8 Å². The third kappa shape index (κ3) is 2.94. The molecule has 1 unspecified atom stereocenters. The van der Waals surface area contributed by atoms with E-state index in [1.807, 2.05) is 0 Å². The zero-order chi connectivity index (χ0) is 19.6. The lowest BCUT2D eigenvalue weighted by Crippen LogP contribution is -2.47. The second-order valence-electron chi connectivity index (χ2n) is 7.92. The van der Waals surface area contributed by atoms with Crippen molar-refractivity contribution in [2.45, 2.75) is 61.7 Å².